The molecule has 0 aromatic carbocycles. The van der Waals surface area contributed by atoms with E-state index in [1.165, 1.54) is 44.9 Å². The van der Waals surface area contributed by atoms with Gasteiger partial charge in [0.05, 0.1) is 0 Å². The van der Waals surface area contributed by atoms with E-state index in [0.717, 1.165) is 180 Å². The van der Waals surface area contributed by atoms with Crippen LogP contribution in [0.2, 0.25) is 0 Å². The zero-order valence-corrected chi connectivity index (χ0v) is 52.0. The van der Waals surface area contributed by atoms with E-state index in [-0.39, 0.29) is 31.1 Å². The van der Waals surface area contributed by atoms with Gasteiger partial charge in [0.25, 0.3) is 0 Å². The van der Waals surface area contributed by atoms with Gasteiger partial charge < -0.3 is 14.2 Å². The van der Waals surface area contributed by atoms with Crippen LogP contribution in [0.3, 0.4) is 0 Å². The van der Waals surface area contributed by atoms with Crippen molar-refractivity contribution in [3.8, 4) is 0 Å². The Hall–Kier alpha value is -5.23. The quantitative estimate of drug-likeness (QED) is 0.0261. The fraction of sp³-hybridized carbons (Fsp3) is 0.587. The summed E-state index contributed by atoms with van der Waals surface area (Å²) in [6.07, 6.45) is 99.8. The van der Waals surface area contributed by atoms with E-state index >= 15 is 0 Å². The van der Waals surface area contributed by atoms with E-state index in [4.69, 9.17) is 14.2 Å². The molecule has 0 aliphatic carbocycles. The summed E-state index contributed by atoms with van der Waals surface area (Å²) in [5.74, 6) is -0.945. The second-order valence-corrected chi connectivity index (χ2v) is 20.9. The predicted octanol–water partition coefficient (Wildman–Crippen LogP) is 22.7. The van der Waals surface area contributed by atoms with Crippen LogP contribution in [0.25, 0.3) is 0 Å². The minimum Gasteiger partial charge on any atom is -0.462 e. The molecule has 0 amide bonds. The van der Waals surface area contributed by atoms with Crippen LogP contribution in [-0.4, -0.2) is 37.2 Å². The fourth-order valence-electron chi connectivity index (χ4n) is 8.40. The Morgan fingerprint density at radius 2 is 0.481 bits per heavy atom. The minimum atomic E-state index is -0.797. The number of rotatable bonds is 57. The summed E-state index contributed by atoms with van der Waals surface area (Å²) >= 11 is 0. The van der Waals surface area contributed by atoms with Gasteiger partial charge in [0.1, 0.15) is 13.2 Å². The van der Waals surface area contributed by atoms with Crippen molar-refractivity contribution in [2.24, 2.45) is 0 Å². The maximum absolute atomic E-state index is 12.8. The largest absolute Gasteiger partial charge is 0.462 e. The van der Waals surface area contributed by atoms with Crippen molar-refractivity contribution in [1.29, 1.82) is 0 Å². The molecule has 0 saturated heterocycles. The zero-order valence-electron chi connectivity index (χ0n) is 52.0. The fourth-order valence-corrected chi connectivity index (χ4v) is 8.40. The number of esters is 3. The first kappa shape index (κ1) is 75.8. The summed E-state index contributed by atoms with van der Waals surface area (Å²) in [7, 11) is 0. The average molecular weight is 1120 g/mol. The zero-order chi connectivity index (χ0) is 58.5. The summed E-state index contributed by atoms with van der Waals surface area (Å²) in [6, 6.07) is 0. The third-order valence-electron chi connectivity index (χ3n) is 13.2. The molecule has 0 heterocycles. The van der Waals surface area contributed by atoms with E-state index < -0.39 is 6.10 Å². The number of carbonyl (C=O) groups is 3. The SMILES string of the molecule is CC/C=C\C/C=C\C/C=C\C/C=C\C/C=C\C/C=C\C/C=C\C/C=C\CCCCCCC(=O)OCC(COC(=O)CCCCCCC)OC(=O)CCCCCCCCCCCC/C=C\C/C=C\C/C=C\C/C=C\C/C=C\C/C=C\CC. The number of ether oxygens (including phenoxy) is 3. The Morgan fingerprint density at radius 3 is 0.753 bits per heavy atom. The predicted molar refractivity (Wildman–Crippen MR) is 352 cm³/mol. The lowest BCUT2D eigenvalue weighted by molar-refractivity contribution is -0.167. The molecule has 0 radical (unpaired) electrons. The van der Waals surface area contributed by atoms with Crippen molar-refractivity contribution >= 4 is 17.9 Å². The van der Waals surface area contributed by atoms with Gasteiger partial charge in [-0.05, 0) is 135 Å². The maximum atomic E-state index is 12.8. The monoisotopic (exact) mass is 1110 g/mol. The van der Waals surface area contributed by atoms with Gasteiger partial charge >= 0.3 is 17.9 Å². The molecule has 0 aromatic rings. The summed E-state index contributed by atoms with van der Waals surface area (Å²) in [6.45, 7) is 6.29. The molecule has 6 heteroatoms. The van der Waals surface area contributed by atoms with Crippen LogP contribution in [0, 0.1) is 0 Å². The van der Waals surface area contributed by atoms with E-state index in [1.54, 1.807) is 0 Å². The number of hydrogen-bond acceptors (Lipinski definition) is 6. The minimum absolute atomic E-state index is 0.0951. The molecule has 81 heavy (non-hydrogen) atoms. The Kier molecular flexibility index (Phi) is 62.9. The highest BCUT2D eigenvalue weighted by atomic mass is 16.6. The molecule has 0 N–H and O–H groups in total. The standard InChI is InChI=1S/C75H118O6/c1-4-7-10-13-15-17-19-21-23-25-27-29-31-33-35-37-39-41-43-45-47-49-51-53-55-57-59-62-65-68-74(77)80-71-72(70-79-73(76)67-64-61-12-9-6-3)81-75(78)69-66-63-60-58-56-54-52-50-48-46-44-42-40-38-36-34-32-30-28-26-24-22-20-18-16-14-11-8-5-2/h7-8,10-11,15-18,21-24,27-30,33-36,39-42,45,47,51,53,72H,4-6,9,12-14,19-20,25-26,31-32,37-38,43-44,46,48-50,52,54-71H2,1-3H3/b10-7-,11-8-,17-15-,18-16-,23-21-,24-22-,29-27-,30-28-,35-33-,36-34-,41-39-,42-40-,47-45-,53-51-. The van der Waals surface area contributed by atoms with E-state index in [0.29, 0.717) is 19.3 Å². The van der Waals surface area contributed by atoms with Gasteiger partial charge in [0, 0.05) is 19.3 Å². The van der Waals surface area contributed by atoms with Gasteiger partial charge in [-0.15, -0.1) is 0 Å². The van der Waals surface area contributed by atoms with Crippen LogP contribution in [0.4, 0.5) is 0 Å². The molecule has 0 aromatic heterocycles. The van der Waals surface area contributed by atoms with Gasteiger partial charge in [-0.3, -0.25) is 14.4 Å². The van der Waals surface area contributed by atoms with Crippen molar-refractivity contribution in [2.45, 2.75) is 271 Å². The molecular formula is C75H118O6. The third kappa shape index (κ3) is 65.5. The first-order valence-corrected chi connectivity index (χ1v) is 32.6. The molecule has 1 atom stereocenters. The van der Waals surface area contributed by atoms with E-state index in [1.807, 2.05) is 0 Å². The van der Waals surface area contributed by atoms with Crippen LogP contribution in [0.15, 0.2) is 170 Å². The molecule has 1 unspecified atom stereocenters. The molecule has 454 valence electrons. The van der Waals surface area contributed by atoms with Crippen LogP contribution in [-0.2, 0) is 28.6 Å². The molecule has 6 nitrogen and oxygen atoms in total. The molecule has 0 bridgehead atoms. The third-order valence-corrected chi connectivity index (χ3v) is 13.2. The summed E-state index contributed by atoms with van der Waals surface area (Å²) in [5, 5.41) is 0. The Labute approximate surface area is 498 Å². The van der Waals surface area contributed by atoms with Crippen LogP contribution >= 0.6 is 0 Å². The molecule has 0 saturated carbocycles. The lowest BCUT2D eigenvalue weighted by Gasteiger charge is -2.18. The first-order chi connectivity index (χ1) is 40.0. The topological polar surface area (TPSA) is 78.9 Å². The van der Waals surface area contributed by atoms with Gasteiger partial charge in [0.15, 0.2) is 6.10 Å². The molecular weight excluding hydrogens is 997 g/mol. The molecule has 0 rings (SSSR count). The molecule has 0 aliphatic heterocycles. The number of carbonyl (C=O) groups excluding carboxylic acids is 3. The van der Waals surface area contributed by atoms with Gasteiger partial charge in [-0.1, -0.05) is 281 Å². The van der Waals surface area contributed by atoms with Gasteiger partial charge in [-0.2, -0.15) is 0 Å². The van der Waals surface area contributed by atoms with Gasteiger partial charge in [-0.25, -0.2) is 0 Å². The highest BCUT2D eigenvalue weighted by Gasteiger charge is 2.19. The van der Waals surface area contributed by atoms with Crippen LogP contribution in [0.5, 0.6) is 0 Å². The second kappa shape index (κ2) is 67.3. The summed E-state index contributed by atoms with van der Waals surface area (Å²) in [5.41, 5.74) is 0. The lowest BCUT2D eigenvalue weighted by atomic mass is 10.0. The van der Waals surface area contributed by atoms with Crippen molar-refractivity contribution in [2.75, 3.05) is 13.2 Å². The average Bonchev–Trinajstić information content (AvgIpc) is 3.47. The van der Waals surface area contributed by atoms with Gasteiger partial charge in [0.2, 0.25) is 0 Å². The Bertz CT molecular complexity index is 1860. The molecule has 0 fully saturated rings. The summed E-state index contributed by atoms with van der Waals surface area (Å²) < 4.78 is 16.7. The smallest absolute Gasteiger partial charge is 0.306 e. The van der Waals surface area contributed by atoms with Crippen molar-refractivity contribution in [1.82, 2.24) is 0 Å². The Morgan fingerprint density at radius 1 is 0.259 bits per heavy atom. The van der Waals surface area contributed by atoms with Crippen molar-refractivity contribution < 1.29 is 28.6 Å². The highest BCUT2D eigenvalue weighted by molar-refractivity contribution is 5.71. The first-order valence-electron chi connectivity index (χ1n) is 32.6. The van der Waals surface area contributed by atoms with E-state index in [2.05, 4.69) is 191 Å². The lowest BCUT2D eigenvalue weighted by Crippen LogP contribution is -2.30. The molecule has 0 aliphatic rings. The number of unbranched alkanes of at least 4 members (excludes halogenated alkanes) is 18. The normalized spacial score (nSPS) is 13.3. The van der Waals surface area contributed by atoms with Crippen LogP contribution < -0.4 is 0 Å². The number of allylic oxidation sites excluding steroid dienone is 28. The highest BCUT2D eigenvalue weighted by Crippen LogP contribution is 2.15. The second-order valence-electron chi connectivity index (χ2n) is 20.9. The summed E-state index contributed by atoms with van der Waals surface area (Å²) in [4.78, 5) is 38.0. The Balaban J connectivity index is 4.16. The maximum Gasteiger partial charge on any atom is 0.306 e. The van der Waals surface area contributed by atoms with Crippen molar-refractivity contribution in [3.05, 3.63) is 170 Å². The van der Waals surface area contributed by atoms with Crippen LogP contribution in [0.1, 0.15) is 265 Å². The molecule has 0 spiro atoms. The van der Waals surface area contributed by atoms with E-state index in [9.17, 15) is 14.4 Å². The van der Waals surface area contributed by atoms with Crippen molar-refractivity contribution in [3.63, 3.8) is 0 Å². The number of hydrogen-bond donors (Lipinski definition) is 0.